The number of hydrogen-bond acceptors (Lipinski definition) is 3. The van der Waals surface area contributed by atoms with Crippen molar-refractivity contribution in [2.75, 3.05) is 0 Å². The van der Waals surface area contributed by atoms with Crippen LogP contribution in [0.5, 0.6) is 0 Å². The molecule has 2 aliphatic carbocycles. The van der Waals surface area contributed by atoms with Gasteiger partial charge in [0, 0.05) is 23.0 Å². The highest BCUT2D eigenvalue weighted by Gasteiger charge is 2.13. The average Bonchev–Trinajstić information content (AvgIpc) is 3.41. The lowest BCUT2D eigenvalue weighted by Gasteiger charge is -2.09. The van der Waals surface area contributed by atoms with Gasteiger partial charge in [0.15, 0.2) is 0 Å². The molecule has 0 fully saturated rings. The number of H-pyrrole nitrogens is 1. The number of rotatable bonds is 3. The van der Waals surface area contributed by atoms with E-state index in [1.54, 1.807) is 0 Å². The molecule has 0 amide bonds. The molecule has 0 atom stereocenters. The summed E-state index contributed by atoms with van der Waals surface area (Å²) in [4.78, 5) is 9.37. The van der Waals surface area contributed by atoms with Crippen LogP contribution in [0, 0.1) is 6.92 Å². The van der Waals surface area contributed by atoms with Gasteiger partial charge in [-0.2, -0.15) is 5.10 Å². The van der Waals surface area contributed by atoms with Gasteiger partial charge in [-0.15, -0.1) is 0 Å². The van der Waals surface area contributed by atoms with Crippen LogP contribution in [0.3, 0.4) is 0 Å². The van der Waals surface area contributed by atoms with E-state index in [2.05, 4.69) is 57.7 Å². The van der Waals surface area contributed by atoms with Crippen molar-refractivity contribution in [3.63, 3.8) is 0 Å². The van der Waals surface area contributed by atoms with Crippen molar-refractivity contribution in [1.29, 1.82) is 0 Å². The van der Waals surface area contributed by atoms with Gasteiger partial charge in [-0.05, 0) is 67.2 Å². The Bertz CT molecular complexity index is 1190. The van der Waals surface area contributed by atoms with Gasteiger partial charge >= 0.3 is 0 Å². The highest BCUT2D eigenvalue weighted by atomic mass is 15.1. The second-order valence-electron chi connectivity index (χ2n) is 7.46. The van der Waals surface area contributed by atoms with Gasteiger partial charge in [-0.1, -0.05) is 36.4 Å². The second-order valence-corrected chi connectivity index (χ2v) is 7.46. The van der Waals surface area contributed by atoms with E-state index in [4.69, 9.17) is 4.98 Å². The van der Waals surface area contributed by atoms with E-state index in [0.717, 1.165) is 45.9 Å². The Balaban J connectivity index is 1.50. The van der Waals surface area contributed by atoms with Crippen LogP contribution >= 0.6 is 0 Å². The number of nitrogens with one attached hydrogen (secondary N) is 1. The molecule has 0 saturated carbocycles. The van der Waals surface area contributed by atoms with Gasteiger partial charge in [-0.25, -0.2) is 0 Å². The zero-order valence-corrected chi connectivity index (χ0v) is 16.4. The number of hydrogen-bond donors (Lipinski definition) is 1. The highest BCUT2D eigenvalue weighted by molar-refractivity contribution is 5.88. The molecule has 0 saturated heterocycles. The van der Waals surface area contributed by atoms with E-state index in [9.17, 15) is 0 Å². The molecule has 4 nitrogen and oxygen atoms in total. The molecule has 0 aliphatic heterocycles. The van der Waals surface area contributed by atoms with Crippen molar-refractivity contribution >= 4 is 23.3 Å². The van der Waals surface area contributed by atoms with Crippen molar-refractivity contribution in [3.05, 3.63) is 89.0 Å². The number of fused-ring (bicyclic) bond motifs is 1. The topological polar surface area (TPSA) is 54.5 Å². The predicted molar refractivity (Wildman–Crippen MR) is 119 cm³/mol. The van der Waals surface area contributed by atoms with Crippen molar-refractivity contribution in [2.24, 2.45) is 0 Å². The van der Waals surface area contributed by atoms with Crippen molar-refractivity contribution in [1.82, 2.24) is 20.2 Å². The van der Waals surface area contributed by atoms with Gasteiger partial charge in [0.25, 0.3) is 0 Å². The number of aryl methyl sites for hydroxylation is 1. The first-order valence-corrected chi connectivity index (χ1v) is 10.0. The fourth-order valence-corrected chi connectivity index (χ4v) is 3.92. The van der Waals surface area contributed by atoms with E-state index in [-0.39, 0.29) is 0 Å². The van der Waals surface area contributed by atoms with Crippen LogP contribution < -0.4 is 0 Å². The van der Waals surface area contributed by atoms with E-state index < -0.39 is 0 Å². The lowest BCUT2D eigenvalue weighted by atomic mass is 9.99. The van der Waals surface area contributed by atoms with Gasteiger partial charge in [0.2, 0.25) is 0 Å². The van der Waals surface area contributed by atoms with E-state index in [1.807, 2.05) is 37.5 Å². The molecule has 3 heterocycles. The molecule has 0 radical (unpaired) electrons. The Hall–Kier alpha value is -3.53. The Morgan fingerprint density at radius 2 is 2.03 bits per heavy atom. The number of aromatic nitrogens is 4. The zero-order valence-electron chi connectivity index (χ0n) is 16.4. The standard InChI is InChI=1S/C25H22N4/c1-17-6-4-11-24(28-17)25-22(16-27-29-25)19-9-5-10-20-14-21(18-7-2-3-8-18)15-26-23(20)13-12-19/h4-7,9-16H,2-3,8H2,1H3,(H,27,29)/b9-5?,10-5+,13-12?,19-9?,19-12?,20-10?,23-13?. The van der Waals surface area contributed by atoms with Crippen LogP contribution in [0.15, 0.2) is 61.0 Å². The smallest absolute Gasteiger partial charge is 0.0912 e. The Labute approximate surface area is 170 Å². The maximum atomic E-state index is 4.73. The van der Waals surface area contributed by atoms with Crippen LogP contribution in [-0.2, 0) is 0 Å². The molecule has 0 unspecified atom stereocenters. The fourth-order valence-electron chi connectivity index (χ4n) is 3.92. The van der Waals surface area contributed by atoms with E-state index >= 15 is 0 Å². The number of aromatic amines is 1. The summed E-state index contributed by atoms with van der Waals surface area (Å²) in [5.74, 6) is 0. The third kappa shape index (κ3) is 3.49. The molecule has 1 N–H and O–H groups in total. The molecule has 3 aromatic rings. The van der Waals surface area contributed by atoms with Crippen LogP contribution in [0.2, 0.25) is 0 Å². The Morgan fingerprint density at radius 3 is 2.90 bits per heavy atom. The zero-order chi connectivity index (χ0) is 19.6. The summed E-state index contributed by atoms with van der Waals surface area (Å²) in [6, 6.07) is 8.26. The van der Waals surface area contributed by atoms with Crippen molar-refractivity contribution in [2.45, 2.75) is 26.2 Å². The molecule has 0 spiro atoms. The summed E-state index contributed by atoms with van der Waals surface area (Å²) in [5, 5.41) is 7.38. The van der Waals surface area contributed by atoms with E-state index in [1.165, 1.54) is 24.0 Å². The molecular formula is C25H22N4. The number of pyridine rings is 2. The number of nitrogens with zero attached hydrogens (tertiary/aromatic N) is 3. The van der Waals surface area contributed by atoms with E-state index in [0.29, 0.717) is 0 Å². The highest BCUT2D eigenvalue weighted by Crippen LogP contribution is 2.31. The summed E-state index contributed by atoms with van der Waals surface area (Å²) < 4.78 is 0. The molecule has 5 rings (SSSR count). The summed E-state index contributed by atoms with van der Waals surface area (Å²) in [7, 11) is 0. The third-order valence-electron chi connectivity index (χ3n) is 5.43. The Kier molecular flexibility index (Phi) is 4.53. The largest absolute Gasteiger partial charge is 0.276 e. The molecular weight excluding hydrogens is 356 g/mol. The number of allylic oxidation sites excluding steroid dienone is 6. The van der Waals surface area contributed by atoms with Crippen LogP contribution in [0.4, 0.5) is 0 Å². The van der Waals surface area contributed by atoms with Crippen molar-refractivity contribution < 1.29 is 0 Å². The quantitative estimate of drug-likeness (QED) is 0.620. The summed E-state index contributed by atoms with van der Waals surface area (Å²) in [5.41, 5.74) is 9.69. The molecule has 29 heavy (non-hydrogen) atoms. The molecule has 0 bridgehead atoms. The SMILES string of the molecule is Cc1cccc(-c2[nH]ncc2C2=C/C=C/c3cc(C4=CCCC4)cnc3C=C2)n1. The van der Waals surface area contributed by atoms with Crippen LogP contribution in [0.25, 0.3) is 34.7 Å². The summed E-state index contributed by atoms with van der Waals surface area (Å²) in [6.07, 6.45) is 20.3. The van der Waals surface area contributed by atoms with Crippen LogP contribution in [-0.4, -0.2) is 20.2 Å². The molecule has 3 aromatic heterocycles. The lowest BCUT2D eigenvalue weighted by molar-refractivity contribution is 0.935. The molecule has 4 heteroatoms. The maximum Gasteiger partial charge on any atom is 0.0912 e. The third-order valence-corrected chi connectivity index (χ3v) is 5.43. The van der Waals surface area contributed by atoms with Gasteiger partial charge in [-0.3, -0.25) is 15.1 Å². The fraction of sp³-hybridized carbons (Fsp3) is 0.160. The van der Waals surface area contributed by atoms with Gasteiger partial charge in [0.1, 0.15) is 0 Å². The van der Waals surface area contributed by atoms with Crippen LogP contribution in [0.1, 0.15) is 47.3 Å². The summed E-state index contributed by atoms with van der Waals surface area (Å²) in [6.45, 7) is 2.00. The first-order valence-electron chi connectivity index (χ1n) is 10.0. The summed E-state index contributed by atoms with van der Waals surface area (Å²) >= 11 is 0. The second kappa shape index (κ2) is 7.47. The minimum absolute atomic E-state index is 0.894. The monoisotopic (exact) mass is 378 g/mol. The predicted octanol–water partition coefficient (Wildman–Crippen LogP) is 5.87. The van der Waals surface area contributed by atoms with Gasteiger partial charge < -0.3 is 0 Å². The lowest BCUT2D eigenvalue weighted by Crippen LogP contribution is -1.93. The maximum absolute atomic E-state index is 4.73. The molecule has 2 aliphatic rings. The first-order chi connectivity index (χ1) is 14.3. The minimum atomic E-state index is 0.894. The normalized spacial score (nSPS) is 16.6. The first kappa shape index (κ1) is 17.6. The molecule has 142 valence electrons. The average molecular weight is 378 g/mol. The Morgan fingerprint density at radius 1 is 1.07 bits per heavy atom. The van der Waals surface area contributed by atoms with Gasteiger partial charge in [0.05, 0.1) is 23.3 Å². The molecule has 0 aromatic carbocycles. The van der Waals surface area contributed by atoms with Crippen molar-refractivity contribution in [3.8, 4) is 11.4 Å². The minimum Gasteiger partial charge on any atom is -0.276 e.